The zero-order valence-electron chi connectivity index (χ0n) is 15.8. The van der Waals surface area contributed by atoms with E-state index in [-0.39, 0.29) is 29.1 Å². The number of halogens is 2. The first-order chi connectivity index (χ1) is 13.3. The number of phenols is 2. The number of rotatable bonds is 5. The van der Waals surface area contributed by atoms with Crippen molar-refractivity contribution in [2.24, 2.45) is 0 Å². The highest BCUT2D eigenvalue weighted by atomic mass is 19.1. The van der Waals surface area contributed by atoms with Crippen LogP contribution in [-0.2, 0) is 6.42 Å². The lowest BCUT2D eigenvalue weighted by molar-refractivity contribution is 0.433. The summed E-state index contributed by atoms with van der Waals surface area (Å²) < 4.78 is 27.2. The predicted molar refractivity (Wildman–Crippen MR) is 108 cm³/mol. The third-order valence-corrected chi connectivity index (χ3v) is 4.56. The highest BCUT2D eigenvalue weighted by molar-refractivity contribution is 5.84. The molecule has 3 aromatic rings. The molecule has 0 amide bonds. The molecule has 2 N–H and O–H groups in total. The van der Waals surface area contributed by atoms with Crippen LogP contribution in [0.3, 0.4) is 0 Å². The van der Waals surface area contributed by atoms with Crippen LogP contribution in [0.1, 0.15) is 42.0 Å². The summed E-state index contributed by atoms with van der Waals surface area (Å²) in [6, 6.07) is 15.5. The van der Waals surface area contributed by atoms with Gasteiger partial charge in [-0.3, -0.25) is 0 Å². The Kier molecular flexibility index (Phi) is 5.78. The summed E-state index contributed by atoms with van der Waals surface area (Å²) in [6.45, 7) is 3.76. The van der Waals surface area contributed by atoms with Gasteiger partial charge in [0.05, 0.1) is 0 Å². The minimum Gasteiger partial charge on any atom is -0.507 e. The fourth-order valence-corrected chi connectivity index (χ4v) is 3.30. The lowest BCUT2D eigenvalue weighted by atomic mass is 9.92. The zero-order chi connectivity index (χ0) is 20.3. The number of hydrogen-bond donors (Lipinski definition) is 2. The Hall–Kier alpha value is -3.14. The van der Waals surface area contributed by atoms with Gasteiger partial charge in [-0.15, -0.1) is 0 Å². The largest absolute Gasteiger partial charge is 0.507 e. The fourth-order valence-electron chi connectivity index (χ4n) is 3.30. The first-order valence-corrected chi connectivity index (χ1v) is 9.10. The van der Waals surface area contributed by atoms with Crippen molar-refractivity contribution >= 4 is 11.6 Å². The summed E-state index contributed by atoms with van der Waals surface area (Å²) in [5.41, 5.74) is 3.15. The molecule has 0 fully saturated rings. The molecule has 2 nitrogen and oxygen atoms in total. The quantitative estimate of drug-likeness (QED) is 0.511. The molecule has 4 heteroatoms. The summed E-state index contributed by atoms with van der Waals surface area (Å²) in [5.74, 6) is -0.764. The van der Waals surface area contributed by atoms with Gasteiger partial charge in [0, 0.05) is 5.56 Å². The summed E-state index contributed by atoms with van der Waals surface area (Å²) in [7, 11) is 0. The topological polar surface area (TPSA) is 40.5 Å². The first kappa shape index (κ1) is 19.6. The molecule has 0 saturated carbocycles. The van der Waals surface area contributed by atoms with Crippen molar-refractivity contribution in [3.63, 3.8) is 0 Å². The zero-order valence-corrected chi connectivity index (χ0v) is 15.8. The van der Waals surface area contributed by atoms with Crippen LogP contribution in [-0.4, -0.2) is 10.2 Å². The SMILES string of the molecule is CC(C)c1c(O)cc(/C(=C/c2cccc(F)c2)Cc2cccc(F)c2)cc1O. The lowest BCUT2D eigenvalue weighted by Gasteiger charge is -2.15. The van der Waals surface area contributed by atoms with Gasteiger partial charge in [0.15, 0.2) is 0 Å². The first-order valence-electron chi connectivity index (χ1n) is 9.10. The van der Waals surface area contributed by atoms with E-state index in [1.54, 1.807) is 42.5 Å². The molecule has 3 aromatic carbocycles. The summed E-state index contributed by atoms with van der Waals surface area (Å²) in [5, 5.41) is 20.8. The van der Waals surface area contributed by atoms with Gasteiger partial charge >= 0.3 is 0 Å². The molecule has 28 heavy (non-hydrogen) atoms. The number of aromatic hydroxyl groups is 2. The number of allylic oxidation sites excluding steroid dienone is 1. The number of phenolic OH excluding ortho intramolecular Hbond substituents is 2. The van der Waals surface area contributed by atoms with Gasteiger partial charge in [-0.25, -0.2) is 8.78 Å². The Bertz CT molecular complexity index is 1000. The van der Waals surface area contributed by atoms with Crippen LogP contribution in [0.5, 0.6) is 11.5 Å². The smallest absolute Gasteiger partial charge is 0.123 e. The van der Waals surface area contributed by atoms with Crippen molar-refractivity contribution in [3.05, 3.63) is 94.6 Å². The molecular weight excluding hydrogens is 358 g/mol. The van der Waals surface area contributed by atoms with E-state index in [0.717, 1.165) is 11.1 Å². The molecule has 0 aliphatic carbocycles. The standard InChI is InChI=1S/C24H22F2O2/c1-15(2)24-22(27)13-19(14-23(24)28)18(9-16-5-3-7-20(25)11-16)10-17-6-4-8-21(26)12-17/h3-9,11-15,27-28H,10H2,1-2H3/b18-9+. The highest BCUT2D eigenvalue weighted by Crippen LogP contribution is 2.38. The van der Waals surface area contributed by atoms with E-state index in [1.807, 2.05) is 13.8 Å². The maximum absolute atomic E-state index is 13.6. The van der Waals surface area contributed by atoms with Crippen LogP contribution >= 0.6 is 0 Å². The van der Waals surface area contributed by atoms with Gasteiger partial charge in [0.1, 0.15) is 23.1 Å². The lowest BCUT2D eigenvalue weighted by Crippen LogP contribution is -1.96. The van der Waals surface area contributed by atoms with Gasteiger partial charge in [-0.1, -0.05) is 44.2 Å². The Morgan fingerprint density at radius 3 is 2.07 bits per heavy atom. The van der Waals surface area contributed by atoms with Gasteiger partial charge in [0.25, 0.3) is 0 Å². The molecule has 0 radical (unpaired) electrons. The van der Waals surface area contributed by atoms with E-state index in [2.05, 4.69) is 0 Å². The average molecular weight is 380 g/mol. The summed E-state index contributed by atoms with van der Waals surface area (Å²) in [4.78, 5) is 0. The van der Waals surface area contributed by atoms with Crippen LogP contribution in [0, 0.1) is 11.6 Å². The Morgan fingerprint density at radius 1 is 0.893 bits per heavy atom. The summed E-state index contributed by atoms with van der Waals surface area (Å²) in [6.07, 6.45) is 2.13. The second kappa shape index (κ2) is 8.26. The van der Waals surface area contributed by atoms with Crippen LogP contribution in [0.4, 0.5) is 8.78 Å². The van der Waals surface area contributed by atoms with Crippen molar-refractivity contribution in [3.8, 4) is 11.5 Å². The molecule has 0 aromatic heterocycles. The minimum absolute atomic E-state index is 0.00520. The number of hydrogen-bond acceptors (Lipinski definition) is 2. The second-order valence-corrected chi connectivity index (χ2v) is 7.11. The van der Waals surface area contributed by atoms with Crippen LogP contribution in [0.15, 0.2) is 60.7 Å². The highest BCUT2D eigenvalue weighted by Gasteiger charge is 2.15. The Labute approximate surface area is 163 Å². The molecule has 0 aliphatic heterocycles. The van der Waals surface area contributed by atoms with E-state index < -0.39 is 0 Å². The van der Waals surface area contributed by atoms with E-state index in [9.17, 15) is 19.0 Å². The van der Waals surface area contributed by atoms with Crippen molar-refractivity contribution in [1.82, 2.24) is 0 Å². The van der Waals surface area contributed by atoms with E-state index in [0.29, 0.717) is 23.1 Å². The van der Waals surface area contributed by atoms with Gasteiger partial charge in [-0.2, -0.15) is 0 Å². The molecule has 0 aliphatic rings. The van der Waals surface area contributed by atoms with Crippen molar-refractivity contribution in [2.75, 3.05) is 0 Å². The molecule has 0 bridgehead atoms. The van der Waals surface area contributed by atoms with Gasteiger partial charge in [-0.05, 0) is 71.0 Å². The molecule has 0 heterocycles. The number of benzene rings is 3. The maximum atomic E-state index is 13.6. The molecular formula is C24H22F2O2. The van der Waals surface area contributed by atoms with Gasteiger partial charge in [0.2, 0.25) is 0 Å². The third kappa shape index (κ3) is 4.58. The molecule has 0 atom stereocenters. The Balaban J connectivity index is 2.11. The predicted octanol–water partition coefficient (Wildman–Crippen LogP) is 6.28. The third-order valence-electron chi connectivity index (χ3n) is 4.56. The fraction of sp³-hybridized carbons (Fsp3) is 0.167. The monoisotopic (exact) mass is 380 g/mol. The van der Waals surface area contributed by atoms with Crippen LogP contribution in [0.2, 0.25) is 0 Å². The summed E-state index contributed by atoms with van der Waals surface area (Å²) >= 11 is 0. The van der Waals surface area contributed by atoms with Crippen molar-refractivity contribution in [2.45, 2.75) is 26.2 Å². The maximum Gasteiger partial charge on any atom is 0.123 e. The van der Waals surface area contributed by atoms with Crippen LogP contribution < -0.4 is 0 Å². The second-order valence-electron chi connectivity index (χ2n) is 7.11. The van der Waals surface area contributed by atoms with E-state index >= 15 is 0 Å². The molecule has 144 valence electrons. The van der Waals surface area contributed by atoms with Gasteiger partial charge < -0.3 is 10.2 Å². The molecule has 0 saturated heterocycles. The minimum atomic E-state index is -0.361. The molecule has 3 rings (SSSR count). The van der Waals surface area contributed by atoms with E-state index in [4.69, 9.17) is 0 Å². The van der Waals surface area contributed by atoms with Crippen LogP contribution in [0.25, 0.3) is 11.6 Å². The average Bonchev–Trinajstić information content (AvgIpc) is 2.60. The normalized spacial score (nSPS) is 11.8. The van der Waals surface area contributed by atoms with Crippen molar-refractivity contribution in [1.29, 1.82) is 0 Å². The molecule has 0 unspecified atom stereocenters. The van der Waals surface area contributed by atoms with Crippen molar-refractivity contribution < 1.29 is 19.0 Å². The van der Waals surface area contributed by atoms with E-state index in [1.165, 1.54) is 24.3 Å². The molecule has 0 spiro atoms. The Morgan fingerprint density at radius 2 is 1.50 bits per heavy atom.